The zero-order chi connectivity index (χ0) is 14.1. The molecular weight excluding hydrogens is 297 g/mol. The summed E-state index contributed by atoms with van der Waals surface area (Å²) in [6, 6.07) is -0.821. The quantitative estimate of drug-likeness (QED) is 0.116. The molecule has 0 spiro atoms. The standard InChI is InChI=1S/C6H14N4O2.3H3N.H3O4P/c7-4(5(11)12)2-1-3-10-6(8)9;;;;1-5(2,3)4/h4H,1-3,7H2,(H,11,12)(H4,8,9,10);3*1H3;(H3,1,2,3,4). The van der Waals surface area contributed by atoms with Crippen LogP contribution in [0.5, 0.6) is 0 Å². The van der Waals surface area contributed by atoms with E-state index in [9.17, 15) is 4.79 Å². The molecule has 0 aliphatic carbocycles. The van der Waals surface area contributed by atoms with E-state index < -0.39 is 19.8 Å². The van der Waals surface area contributed by atoms with Gasteiger partial charge in [-0.15, -0.1) is 0 Å². The highest BCUT2D eigenvalue weighted by atomic mass is 31.2. The summed E-state index contributed by atoms with van der Waals surface area (Å²) in [7, 11) is -4.64. The lowest BCUT2D eigenvalue weighted by atomic mass is 10.2. The summed E-state index contributed by atoms with van der Waals surface area (Å²) < 4.78 is 8.88. The maximum atomic E-state index is 10.2. The first-order valence-corrected chi connectivity index (χ1v) is 5.95. The van der Waals surface area contributed by atoms with Gasteiger partial charge in [0.05, 0.1) is 0 Å². The largest absolute Gasteiger partial charge is 0.480 e. The van der Waals surface area contributed by atoms with Crippen LogP contribution in [0.4, 0.5) is 0 Å². The average molecular weight is 323 g/mol. The molecule has 0 aromatic heterocycles. The molecule has 0 amide bonds. The molecule has 0 aromatic carbocycles. The zero-order valence-electron chi connectivity index (χ0n) is 11.0. The van der Waals surface area contributed by atoms with Gasteiger partial charge in [-0.1, -0.05) is 0 Å². The van der Waals surface area contributed by atoms with Gasteiger partial charge in [-0.2, -0.15) is 0 Å². The molecule has 20 heavy (non-hydrogen) atoms. The number of carbonyl (C=O) groups is 1. The molecule has 0 rings (SSSR count). The topological polar surface area (TPSA) is 308 Å². The number of hydrogen-bond donors (Lipinski definition) is 11. The van der Waals surface area contributed by atoms with E-state index in [1.807, 2.05) is 0 Å². The van der Waals surface area contributed by atoms with E-state index in [2.05, 4.69) is 5.32 Å². The van der Waals surface area contributed by atoms with Gasteiger partial charge in [0.25, 0.3) is 0 Å². The van der Waals surface area contributed by atoms with E-state index in [1.165, 1.54) is 0 Å². The molecule has 14 heteroatoms. The summed E-state index contributed by atoms with van der Waals surface area (Å²) in [5.74, 6) is -1.11. The van der Waals surface area contributed by atoms with Crippen LogP contribution in [-0.4, -0.2) is 44.3 Å². The normalized spacial score (nSPS) is 10.2. The minimum Gasteiger partial charge on any atom is -0.480 e. The lowest BCUT2D eigenvalue weighted by molar-refractivity contribution is -0.138. The van der Waals surface area contributed by atoms with Gasteiger partial charge in [0, 0.05) is 6.54 Å². The Bertz CT molecular complexity index is 289. The van der Waals surface area contributed by atoms with Gasteiger partial charge < -0.3 is 55.0 Å². The van der Waals surface area contributed by atoms with Crippen molar-refractivity contribution in [3.8, 4) is 0 Å². The predicted molar refractivity (Wildman–Crippen MR) is 74.1 cm³/mol. The van der Waals surface area contributed by atoms with Crippen LogP contribution in [0.25, 0.3) is 0 Å². The van der Waals surface area contributed by atoms with Crippen molar-refractivity contribution in [1.82, 2.24) is 23.8 Å². The summed E-state index contributed by atoms with van der Waals surface area (Å²) in [4.78, 5) is 31.8. The highest BCUT2D eigenvalue weighted by Crippen LogP contribution is 2.25. The molecule has 0 radical (unpaired) electrons. The number of hydrogen-bond acceptors (Lipinski definition) is 7. The predicted octanol–water partition coefficient (Wildman–Crippen LogP) is -1.78. The summed E-state index contributed by atoms with van der Waals surface area (Å²) >= 11 is 0. The monoisotopic (exact) mass is 323 g/mol. The molecule has 0 heterocycles. The minimum absolute atomic E-state index is 0. The van der Waals surface area contributed by atoms with Crippen LogP contribution in [0.1, 0.15) is 12.8 Å². The molecule has 0 saturated carbocycles. The molecular formula is C6H26N7O6P. The Morgan fingerprint density at radius 1 is 1.25 bits per heavy atom. The third kappa shape index (κ3) is 43.8. The Kier molecular flexibility index (Phi) is 24.6. The van der Waals surface area contributed by atoms with Gasteiger partial charge in [0.2, 0.25) is 0 Å². The summed E-state index contributed by atoms with van der Waals surface area (Å²) in [5.41, 5.74) is 10.2. The van der Waals surface area contributed by atoms with Crippen molar-refractivity contribution in [2.24, 2.45) is 11.5 Å². The molecule has 0 fully saturated rings. The fourth-order valence-corrected chi connectivity index (χ4v) is 0.669. The molecule has 0 aliphatic heterocycles. The van der Waals surface area contributed by atoms with Gasteiger partial charge in [-0.3, -0.25) is 10.2 Å². The maximum absolute atomic E-state index is 10.2. The lowest BCUT2D eigenvalue weighted by Gasteiger charge is -2.06. The third-order valence-corrected chi connectivity index (χ3v) is 1.32. The molecule has 0 aliphatic rings. The van der Waals surface area contributed by atoms with Gasteiger partial charge in [-0.25, -0.2) is 4.57 Å². The van der Waals surface area contributed by atoms with Crippen LogP contribution in [0, 0.1) is 5.41 Å². The van der Waals surface area contributed by atoms with Crippen molar-refractivity contribution in [3.05, 3.63) is 0 Å². The van der Waals surface area contributed by atoms with E-state index in [0.717, 1.165) is 0 Å². The molecule has 0 bridgehead atoms. The molecule has 19 N–H and O–H groups in total. The van der Waals surface area contributed by atoms with Gasteiger partial charge in [0.1, 0.15) is 6.04 Å². The van der Waals surface area contributed by atoms with Crippen LogP contribution in [0.3, 0.4) is 0 Å². The first-order valence-electron chi connectivity index (χ1n) is 4.38. The fourth-order valence-electron chi connectivity index (χ4n) is 0.669. The van der Waals surface area contributed by atoms with Crippen molar-refractivity contribution >= 4 is 19.8 Å². The Morgan fingerprint density at radius 3 is 1.85 bits per heavy atom. The van der Waals surface area contributed by atoms with Crippen molar-refractivity contribution in [3.63, 3.8) is 0 Å². The number of carboxylic acids is 1. The van der Waals surface area contributed by atoms with E-state index >= 15 is 0 Å². The highest BCUT2D eigenvalue weighted by molar-refractivity contribution is 7.45. The van der Waals surface area contributed by atoms with Crippen LogP contribution in [0.2, 0.25) is 0 Å². The third-order valence-electron chi connectivity index (χ3n) is 1.32. The Balaban J connectivity index is -0.0000000821. The Labute approximate surface area is 116 Å². The van der Waals surface area contributed by atoms with Gasteiger partial charge in [-0.05, 0) is 12.8 Å². The lowest BCUT2D eigenvalue weighted by Crippen LogP contribution is -2.34. The van der Waals surface area contributed by atoms with Crippen LogP contribution in [-0.2, 0) is 9.36 Å². The number of nitrogens with one attached hydrogen (secondary N) is 2. The number of phosphoric acid groups is 1. The van der Waals surface area contributed by atoms with Crippen molar-refractivity contribution < 1.29 is 29.1 Å². The zero-order valence-corrected chi connectivity index (χ0v) is 11.9. The minimum atomic E-state index is -4.64. The number of rotatable bonds is 5. The van der Waals surface area contributed by atoms with E-state index in [-0.39, 0.29) is 24.4 Å². The molecule has 1 atom stereocenters. The number of nitrogens with two attached hydrogens (primary N) is 2. The average Bonchev–Trinajstić information content (AvgIpc) is 2.08. The summed E-state index contributed by atoms with van der Waals surface area (Å²) in [5, 5.41) is 17.7. The van der Waals surface area contributed by atoms with Gasteiger partial charge >= 0.3 is 13.8 Å². The van der Waals surface area contributed by atoms with Crippen molar-refractivity contribution in [2.45, 2.75) is 18.9 Å². The maximum Gasteiger partial charge on any atom is 0.466 e. The van der Waals surface area contributed by atoms with Crippen molar-refractivity contribution in [2.75, 3.05) is 6.54 Å². The van der Waals surface area contributed by atoms with Crippen LogP contribution >= 0.6 is 7.82 Å². The molecule has 0 aromatic rings. The molecule has 126 valence electrons. The fraction of sp³-hybridized carbons (Fsp3) is 0.667. The van der Waals surface area contributed by atoms with Crippen molar-refractivity contribution in [1.29, 1.82) is 5.41 Å². The molecule has 0 saturated heterocycles. The SMILES string of the molecule is N.N.N.N=C(N)NCCCC(N)C(=O)O.O=P(O)(O)O. The van der Waals surface area contributed by atoms with E-state index in [4.69, 9.17) is 41.2 Å². The first kappa shape index (κ1) is 31.2. The number of guanidine groups is 1. The Hall–Kier alpha value is -1.31. The van der Waals surface area contributed by atoms with E-state index in [0.29, 0.717) is 19.4 Å². The van der Waals surface area contributed by atoms with Gasteiger partial charge in [0.15, 0.2) is 5.96 Å². The molecule has 1 unspecified atom stereocenters. The highest BCUT2D eigenvalue weighted by Gasteiger charge is 2.09. The van der Waals surface area contributed by atoms with E-state index in [1.54, 1.807) is 0 Å². The summed E-state index contributed by atoms with van der Waals surface area (Å²) in [6.45, 7) is 0.482. The second-order valence-corrected chi connectivity index (χ2v) is 3.97. The second-order valence-electron chi connectivity index (χ2n) is 2.94. The number of carboxylic acid groups (broad SMARTS) is 1. The smallest absolute Gasteiger partial charge is 0.466 e. The Morgan fingerprint density at radius 2 is 1.60 bits per heavy atom. The first-order chi connectivity index (χ1) is 7.54. The second kappa shape index (κ2) is 15.7. The number of aliphatic carboxylic acids is 1. The molecule has 13 nitrogen and oxygen atoms in total. The van der Waals surface area contributed by atoms with Crippen LogP contribution < -0.4 is 35.2 Å². The van der Waals surface area contributed by atoms with Crippen LogP contribution in [0.15, 0.2) is 0 Å². The summed E-state index contributed by atoms with van der Waals surface area (Å²) in [6.07, 6.45) is 0.975.